The number of amides is 3. The average Bonchev–Trinajstić information content (AvgIpc) is 2.08. The number of nitrogen functional groups attached to an aromatic ring is 1. The van der Waals surface area contributed by atoms with E-state index >= 15 is 0 Å². The number of anilines is 1. The zero-order chi connectivity index (χ0) is 61.8. The number of carbonyl (C=O) groups is 3. The van der Waals surface area contributed by atoms with Gasteiger partial charge in [0.25, 0.3) is 5.97 Å². The number of nitrogens with two attached hydrogens (primary N) is 2. The summed E-state index contributed by atoms with van der Waals surface area (Å²) in [5.41, 5.74) is 16.8. The van der Waals surface area contributed by atoms with Crippen molar-refractivity contribution in [2.75, 3.05) is 27.1 Å². The second kappa shape index (κ2) is 25.7. The summed E-state index contributed by atoms with van der Waals surface area (Å²) in [4.78, 5) is 52.8. The molecular weight excluding hydrogens is 1170 g/mol. The number of hydrogen-bond donors (Lipinski definition) is 7. The lowest BCUT2D eigenvalue weighted by molar-refractivity contribution is -0.746. The average molecular weight is 1240 g/mol. The minimum atomic E-state index is -0.875. The molecule has 2 aliphatic rings. The fourth-order valence-corrected chi connectivity index (χ4v) is 9.62. The number of hydrazine groups is 1. The number of imidazole rings is 4. The van der Waals surface area contributed by atoms with Crippen LogP contribution in [0.1, 0.15) is 118 Å². The van der Waals surface area contributed by atoms with Gasteiger partial charge >= 0.3 is 23.2 Å². The zero-order valence-electron chi connectivity index (χ0n) is 48.2. The first-order valence-corrected chi connectivity index (χ1v) is 27.9. The van der Waals surface area contributed by atoms with Crippen LogP contribution in [-0.4, -0.2) is 118 Å². The molecule has 0 atom stereocenters. The van der Waals surface area contributed by atoms with E-state index in [0.29, 0.717) is 47.6 Å². The standard InChI is InChI=1S/C26H23ClFN11O.C22H19ClFN9O.C5H12O3.C2H6N2O/c1-14-32-33-15(2)39(14)22-7-17(16-3-4-16)9-37-10-18(31-25(22)37)11-38-12-21(34-35-38)26(40)29-8-20-24-23(28)19(27)5-6-36(24)13-30-20;23-15-3-4-31-11-27-17(20(31)19(15)24)6-26-22(34)18-10-33(30-29-18)9-14-8-32-7-13(12-1-2-12)5-16(25)21(32)28-14;1-5(6-2,7-3)8-4;1-2(5)4-3/h5-7,9-10,12-13,16H,3-4,8,11H2,1-2H3,(H,29,40);3-5,7-8,10-12H,1-2,6,9,25H2,(H,26,34);1-4H3;3H2,1H3,(H,4,5)/p+2. The lowest BCUT2D eigenvalue weighted by atomic mass is 10.1. The molecule has 87 heavy (non-hydrogen) atoms. The first-order chi connectivity index (χ1) is 41.8. The van der Waals surface area contributed by atoms with Crippen LogP contribution in [-0.2, 0) is 45.2 Å². The summed E-state index contributed by atoms with van der Waals surface area (Å²) in [6, 6.07) is 7.07. The molecule has 0 radical (unpaired) electrons. The number of methoxy groups -OCH3 is 3. The van der Waals surface area contributed by atoms with E-state index in [0.717, 1.165) is 34.4 Å². The molecule has 0 aliphatic heterocycles. The van der Waals surface area contributed by atoms with Gasteiger partial charge in [-0.1, -0.05) is 33.6 Å². The SMILES string of the molecule is CC(=O)NN.COC(C)(OC)OC.Cc1nnc(C)n1-c1cc(C2CC2)cn2cc(C[n+]3cc(C(=O)NCc4ncn5ccc(Cl)c(F)c45)n[nH]3)nc12.Nc1cc(C2CC2)cn2cc(C[n+]3cc(C(=O)NCc4ncn5ccc(Cl)c(F)c45)n[nH]3)nc12. The van der Waals surface area contributed by atoms with Gasteiger partial charge in [0.15, 0.2) is 48.4 Å². The number of rotatable bonds is 16. The third kappa shape index (κ3) is 13.7. The maximum Gasteiger partial charge on any atom is 0.305 e. The molecule has 0 unspecified atom stereocenters. The molecule has 0 bridgehead atoms. The highest BCUT2D eigenvalue weighted by atomic mass is 35.5. The van der Waals surface area contributed by atoms with Crippen molar-refractivity contribution in [1.82, 2.24) is 89.0 Å². The Morgan fingerprint density at radius 1 is 0.713 bits per heavy atom. The molecule has 13 rings (SSSR count). The van der Waals surface area contributed by atoms with Crippen molar-refractivity contribution in [3.05, 3.63) is 165 Å². The van der Waals surface area contributed by atoms with Crippen molar-refractivity contribution in [3.8, 4) is 5.69 Å². The van der Waals surface area contributed by atoms with Crippen LogP contribution in [0.3, 0.4) is 0 Å². The predicted octanol–water partition coefficient (Wildman–Crippen LogP) is 4.66. The fraction of sp³-hybridized carbons (Fsp3) is 0.327. The van der Waals surface area contributed by atoms with Crippen molar-refractivity contribution in [2.24, 2.45) is 5.84 Å². The second-order valence-electron chi connectivity index (χ2n) is 20.6. The molecule has 28 nitrogen and oxygen atoms in total. The highest BCUT2D eigenvalue weighted by Crippen LogP contribution is 2.42. The number of halogens is 4. The second-order valence-corrected chi connectivity index (χ2v) is 21.4. The molecular formula is C55H62Cl2F2N22O6+2. The van der Waals surface area contributed by atoms with E-state index in [1.54, 1.807) is 41.1 Å². The molecule has 11 aromatic heterocycles. The van der Waals surface area contributed by atoms with Gasteiger partial charge in [-0.2, -0.15) is 9.36 Å². The van der Waals surface area contributed by atoms with E-state index in [2.05, 4.69) is 80.7 Å². The molecule has 0 aromatic carbocycles. The van der Waals surface area contributed by atoms with E-state index in [4.69, 9.17) is 48.1 Å². The molecule has 454 valence electrons. The van der Waals surface area contributed by atoms with Crippen molar-refractivity contribution in [3.63, 3.8) is 0 Å². The Kier molecular flexibility index (Phi) is 18.0. The summed E-state index contributed by atoms with van der Waals surface area (Å²) in [7, 11) is 4.56. The van der Waals surface area contributed by atoms with Gasteiger partial charge in [-0.05, 0) is 86.8 Å². The molecule has 11 heterocycles. The molecule has 2 fully saturated rings. The third-order valence-electron chi connectivity index (χ3n) is 14.3. The van der Waals surface area contributed by atoms with Gasteiger partial charge in [0.05, 0.1) is 68.7 Å². The van der Waals surface area contributed by atoms with Crippen LogP contribution in [0, 0.1) is 25.5 Å². The highest BCUT2D eigenvalue weighted by molar-refractivity contribution is 6.31. The maximum atomic E-state index is 14.5. The summed E-state index contributed by atoms with van der Waals surface area (Å²) in [6.45, 7) is 7.68. The van der Waals surface area contributed by atoms with Crippen LogP contribution >= 0.6 is 23.2 Å². The first kappa shape index (κ1) is 60.8. The Labute approximate surface area is 503 Å². The van der Waals surface area contributed by atoms with Crippen molar-refractivity contribution in [1.29, 1.82) is 0 Å². The Morgan fingerprint density at radius 2 is 1.15 bits per heavy atom. The molecule has 32 heteroatoms. The normalized spacial score (nSPS) is 13.1. The van der Waals surface area contributed by atoms with Gasteiger partial charge in [-0.3, -0.25) is 24.4 Å². The molecule has 11 aromatic rings. The van der Waals surface area contributed by atoms with Gasteiger partial charge in [-0.25, -0.2) is 34.6 Å². The number of aromatic nitrogens is 17. The smallest absolute Gasteiger partial charge is 0.305 e. The number of nitrogens with zero attached hydrogens (tertiary/aromatic N) is 15. The van der Waals surface area contributed by atoms with Gasteiger partial charge in [-0.15, -0.1) is 10.2 Å². The molecule has 0 spiro atoms. The van der Waals surface area contributed by atoms with Crippen LogP contribution in [0.5, 0.6) is 0 Å². The number of hydrogen-bond acceptors (Lipinski definition) is 16. The topological polar surface area (TPSA) is 332 Å². The number of fused-ring (bicyclic) bond motifs is 4. The van der Waals surface area contributed by atoms with E-state index in [9.17, 15) is 23.2 Å². The number of aromatic amines is 2. The van der Waals surface area contributed by atoms with Gasteiger partial charge in [0.1, 0.15) is 34.1 Å². The number of carbonyl (C=O) groups excluding carboxylic acids is 3. The van der Waals surface area contributed by atoms with Crippen molar-refractivity contribution in [2.45, 2.75) is 97.4 Å². The number of nitrogens with one attached hydrogen (secondary N) is 5. The number of H-pyrrole nitrogens is 2. The quantitative estimate of drug-likeness (QED) is 0.0227. The summed E-state index contributed by atoms with van der Waals surface area (Å²) in [6.07, 6.45) is 22.2. The molecule has 9 N–H and O–H groups in total. The molecule has 2 saturated carbocycles. The molecule has 3 amide bonds. The Bertz CT molecular complexity index is 4300. The van der Waals surface area contributed by atoms with Crippen LogP contribution in [0.4, 0.5) is 14.5 Å². The van der Waals surface area contributed by atoms with E-state index in [1.807, 2.05) is 51.1 Å². The maximum absolute atomic E-state index is 14.5. The number of pyridine rings is 4. The van der Waals surface area contributed by atoms with Crippen LogP contribution in [0.2, 0.25) is 10.0 Å². The Balaban J connectivity index is 0.000000162. The summed E-state index contributed by atoms with van der Waals surface area (Å²) in [5, 5.41) is 27.8. The van der Waals surface area contributed by atoms with Gasteiger partial charge in [0, 0.05) is 72.4 Å². The van der Waals surface area contributed by atoms with E-state index in [-0.39, 0.29) is 51.5 Å². The van der Waals surface area contributed by atoms with Gasteiger partial charge in [0.2, 0.25) is 5.91 Å². The minimum absolute atomic E-state index is 0.00798. The number of ether oxygens (including phenoxy) is 3. The van der Waals surface area contributed by atoms with Crippen molar-refractivity contribution < 1.29 is 46.7 Å². The predicted molar refractivity (Wildman–Crippen MR) is 309 cm³/mol. The molecule has 2 aliphatic carbocycles. The Hall–Kier alpha value is -9.33. The largest absolute Gasteiger partial charge is 0.396 e. The number of aryl methyl sites for hydroxylation is 2. The summed E-state index contributed by atoms with van der Waals surface area (Å²) >= 11 is 11.8. The zero-order valence-corrected chi connectivity index (χ0v) is 49.7. The van der Waals surface area contributed by atoms with E-state index < -0.39 is 29.4 Å². The summed E-state index contributed by atoms with van der Waals surface area (Å²) in [5.74, 6) is 4.20. The fourth-order valence-electron chi connectivity index (χ4n) is 9.33. The van der Waals surface area contributed by atoms with Crippen molar-refractivity contribution >= 4 is 68.9 Å². The summed E-state index contributed by atoms with van der Waals surface area (Å²) < 4.78 is 55.6. The van der Waals surface area contributed by atoms with Crippen LogP contribution in [0.15, 0.2) is 86.5 Å². The first-order valence-electron chi connectivity index (χ1n) is 27.1. The highest BCUT2D eigenvalue weighted by Gasteiger charge is 2.29. The third-order valence-corrected chi connectivity index (χ3v) is 14.9. The van der Waals surface area contributed by atoms with Crippen LogP contribution < -0.4 is 37.0 Å². The Morgan fingerprint density at radius 3 is 1.57 bits per heavy atom. The van der Waals surface area contributed by atoms with E-state index in [1.165, 1.54) is 98.7 Å². The van der Waals surface area contributed by atoms with Gasteiger partial charge < -0.3 is 48.2 Å². The minimum Gasteiger partial charge on any atom is -0.396 e. The lowest BCUT2D eigenvalue weighted by Gasteiger charge is -2.23. The molecule has 0 saturated heterocycles. The monoisotopic (exact) mass is 1230 g/mol. The lowest BCUT2D eigenvalue weighted by Crippen LogP contribution is -2.36. The van der Waals surface area contributed by atoms with Crippen LogP contribution in [0.25, 0.3) is 28.0 Å².